The summed E-state index contributed by atoms with van der Waals surface area (Å²) in [5, 5.41) is 3.23. The number of nitrogens with zero attached hydrogens (tertiary/aromatic N) is 2. The molecule has 0 bridgehead atoms. The number of fused-ring (bicyclic) bond motifs is 1. The van der Waals surface area contributed by atoms with Gasteiger partial charge < -0.3 is 0 Å². The molecule has 0 fully saturated rings. The van der Waals surface area contributed by atoms with E-state index in [1.807, 2.05) is 18.2 Å². The number of anilines is 1. The zero-order chi connectivity index (χ0) is 18.9. The normalized spacial score (nSPS) is 14.2. The lowest BCUT2D eigenvalue weighted by molar-refractivity contribution is 0.592. The Balaban J connectivity index is 1.54. The Morgan fingerprint density at radius 2 is 1.93 bits per heavy atom. The largest absolute Gasteiger partial charge is 0.270 e. The monoisotopic (exact) mass is 398 g/mol. The molecule has 1 aliphatic rings. The van der Waals surface area contributed by atoms with E-state index in [0.29, 0.717) is 6.54 Å². The molecule has 2 aromatic carbocycles. The molecule has 0 N–H and O–H groups in total. The van der Waals surface area contributed by atoms with E-state index in [9.17, 15) is 8.42 Å². The fourth-order valence-corrected chi connectivity index (χ4v) is 5.32. The first-order valence-corrected chi connectivity index (χ1v) is 11.8. The summed E-state index contributed by atoms with van der Waals surface area (Å²) < 4.78 is 25.5. The van der Waals surface area contributed by atoms with Crippen LogP contribution in [0.25, 0.3) is 11.3 Å². The third kappa shape index (κ3) is 4.06. The van der Waals surface area contributed by atoms with Gasteiger partial charge in [-0.25, -0.2) is 13.4 Å². The fourth-order valence-electron chi connectivity index (χ4n) is 3.52. The summed E-state index contributed by atoms with van der Waals surface area (Å²) in [5.41, 5.74) is 5.26. The molecule has 0 saturated carbocycles. The molecule has 4 nitrogen and oxygen atoms in total. The van der Waals surface area contributed by atoms with Gasteiger partial charge in [0.2, 0.25) is 10.0 Å². The minimum atomic E-state index is -3.23. The predicted molar refractivity (Wildman–Crippen MR) is 112 cm³/mol. The van der Waals surface area contributed by atoms with Crippen molar-refractivity contribution in [2.45, 2.75) is 25.7 Å². The van der Waals surface area contributed by atoms with Crippen LogP contribution >= 0.6 is 11.3 Å². The molecule has 27 heavy (non-hydrogen) atoms. The van der Waals surface area contributed by atoms with Crippen molar-refractivity contribution in [3.05, 3.63) is 70.0 Å². The van der Waals surface area contributed by atoms with Crippen molar-refractivity contribution in [2.24, 2.45) is 0 Å². The highest BCUT2D eigenvalue weighted by Gasteiger charge is 2.24. The Kier molecular flexibility index (Phi) is 5.02. The predicted octanol–water partition coefficient (Wildman–Crippen LogP) is 4.31. The van der Waals surface area contributed by atoms with Gasteiger partial charge in [0.15, 0.2) is 0 Å². The van der Waals surface area contributed by atoms with Crippen molar-refractivity contribution >= 4 is 27.0 Å². The molecule has 0 spiro atoms. The van der Waals surface area contributed by atoms with Crippen molar-refractivity contribution in [3.63, 3.8) is 0 Å². The van der Waals surface area contributed by atoms with Gasteiger partial charge in [0, 0.05) is 23.9 Å². The van der Waals surface area contributed by atoms with Crippen LogP contribution in [0.5, 0.6) is 0 Å². The number of sulfonamides is 1. The average molecular weight is 399 g/mol. The second-order valence-corrected chi connectivity index (χ2v) is 9.74. The van der Waals surface area contributed by atoms with Crippen LogP contribution < -0.4 is 4.31 Å². The molecule has 0 atom stereocenters. The summed E-state index contributed by atoms with van der Waals surface area (Å²) in [5.74, 6) is 0. The van der Waals surface area contributed by atoms with Crippen LogP contribution in [0.2, 0.25) is 0 Å². The van der Waals surface area contributed by atoms with E-state index < -0.39 is 10.0 Å². The second-order valence-electron chi connectivity index (χ2n) is 6.89. The minimum absolute atomic E-state index is 0.561. The van der Waals surface area contributed by atoms with E-state index in [0.717, 1.165) is 53.2 Å². The van der Waals surface area contributed by atoms with Gasteiger partial charge >= 0.3 is 0 Å². The van der Waals surface area contributed by atoms with E-state index in [1.54, 1.807) is 11.3 Å². The summed E-state index contributed by atoms with van der Waals surface area (Å²) in [6, 6.07) is 16.5. The minimum Gasteiger partial charge on any atom is -0.270 e. The highest BCUT2D eigenvalue weighted by molar-refractivity contribution is 7.92. The second kappa shape index (κ2) is 7.44. The first kappa shape index (κ1) is 18.2. The maximum Gasteiger partial charge on any atom is 0.232 e. The molecule has 4 rings (SSSR count). The van der Waals surface area contributed by atoms with Crippen LogP contribution in [-0.4, -0.2) is 26.2 Å². The SMILES string of the molecule is CS(=O)(=O)N1CCCc2cc(-c3csc(CCc4ccccc4)n3)ccc21. The average Bonchev–Trinajstić information content (AvgIpc) is 3.14. The summed E-state index contributed by atoms with van der Waals surface area (Å²) in [7, 11) is -3.23. The van der Waals surface area contributed by atoms with Crippen LogP contribution in [0, 0.1) is 0 Å². The van der Waals surface area contributed by atoms with Crippen molar-refractivity contribution < 1.29 is 8.42 Å². The van der Waals surface area contributed by atoms with Gasteiger partial charge in [0.1, 0.15) is 0 Å². The Bertz CT molecular complexity index is 1040. The molecule has 0 radical (unpaired) electrons. The van der Waals surface area contributed by atoms with Crippen molar-refractivity contribution in [2.75, 3.05) is 17.1 Å². The Morgan fingerprint density at radius 3 is 2.70 bits per heavy atom. The molecular formula is C21H22N2O2S2. The number of thiazole rings is 1. The number of aromatic nitrogens is 1. The fraction of sp³-hybridized carbons (Fsp3) is 0.286. The highest BCUT2D eigenvalue weighted by Crippen LogP contribution is 2.33. The van der Waals surface area contributed by atoms with E-state index >= 15 is 0 Å². The molecular weight excluding hydrogens is 376 g/mol. The van der Waals surface area contributed by atoms with Crippen LogP contribution in [0.4, 0.5) is 5.69 Å². The third-order valence-electron chi connectivity index (χ3n) is 4.87. The van der Waals surface area contributed by atoms with E-state index in [4.69, 9.17) is 4.98 Å². The van der Waals surface area contributed by atoms with Gasteiger partial charge in [0.25, 0.3) is 0 Å². The molecule has 6 heteroatoms. The van der Waals surface area contributed by atoms with E-state index in [1.165, 1.54) is 16.1 Å². The van der Waals surface area contributed by atoms with Crippen molar-refractivity contribution in [1.29, 1.82) is 0 Å². The quantitative estimate of drug-likeness (QED) is 0.644. The Labute approximate surface area is 164 Å². The maximum absolute atomic E-state index is 12.0. The van der Waals surface area contributed by atoms with Crippen LogP contribution in [-0.2, 0) is 29.3 Å². The smallest absolute Gasteiger partial charge is 0.232 e. The zero-order valence-corrected chi connectivity index (χ0v) is 16.9. The lowest BCUT2D eigenvalue weighted by Crippen LogP contribution is -2.34. The molecule has 0 aliphatic carbocycles. The molecule has 1 aliphatic heterocycles. The maximum atomic E-state index is 12.0. The molecule has 3 aromatic rings. The first-order chi connectivity index (χ1) is 13.0. The summed E-state index contributed by atoms with van der Waals surface area (Å²) in [6.07, 6.45) is 4.95. The number of benzene rings is 2. The Hall–Kier alpha value is -2.18. The van der Waals surface area contributed by atoms with Crippen LogP contribution in [0.1, 0.15) is 22.6 Å². The summed E-state index contributed by atoms with van der Waals surface area (Å²) >= 11 is 1.69. The van der Waals surface area contributed by atoms with Gasteiger partial charge in [-0.15, -0.1) is 11.3 Å². The van der Waals surface area contributed by atoms with E-state index in [2.05, 4.69) is 35.7 Å². The van der Waals surface area contributed by atoms with Gasteiger partial charge in [-0.3, -0.25) is 4.31 Å². The summed E-state index contributed by atoms with van der Waals surface area (Å²) in [4.78, 5) is 4.80. The van der Waals surface area contributed by atoms with Crippen LogP contribution in [0.15, 0.2) is 53.9 Å². The van der Waals surface area contributed by atoms with Crippen LogP contribution in [0.3, 0.4) is 0 Å². The third-order valence-corrected chi connectivity index (χ3v) is 6.96. The number of hydrogen-bond donors (Lipinski definition) is 0. The first-order valence-electron chi connectivity index (χ1n) is 9.10. The standard InChI is InChI=1S/C21H22N2O2S2/c1-27(24,25)23-13-5-8-18-14-17(10-11-20(18)23)19-15-26-21(22-19)12-9-16-6-3-2-4-7-16/h2-4,6-7,10-11,14-15H,5,8-9,12-13H2,1H3. The van der Waals surface area contributed by atoms with Gasteiger partial charge in [-0.05, 0) is 42.5 Å². The lowest BCUT2D eigenvalue weighted by Gasteiger charge is -2.29. The molecule has 0 amide bonds. The molecule has 0 saturated heterocycles. The topological polar surface area (TPSA) is 50.3 Å². The number of rotatable bonds is 5. The van der Waals surface area contributed by atoms with Gasteiger partial charge in [0.05, 0.1) is 22.6 Å². The van der Waals surface area contributed by atoms with Gasteiger partial charge in [-0.2, -0.15) is 0 Å². The van der Waals surface area contributed by atoms with Crippen molar-refractivity contribution in [3.8, 4) is 11.3 Å². The number of aryl methyl sites for hydroxylation is 3. The summed E-state index contributed by atoms with van der Waals surface area (Å²) in [6.45, 7) is 0.561. The zero-order valence-electron chi connectivity index (χ0n) is 15.3. The molecule has 0 unspecified atom stereocenters. The molecule has 2 heterocycles. The Morgan fingerprint density at radius 1 is 1.11 bits per heavy atom. The molecule has 1 aromatic heterocycles. The number of hydrogen-bond acceptors (Lipinski definition) is 4. The lowest BCUT2D eigenvalue weighted by atomic mass is 10.00. The van der Waals surface area contributed by atoms with Crippen molar-refractivity contribution in [1.82, 2.24) is 4.98 Å². The molecule has 140 valence electrons. The van der Waals surface area contributed by atoms with E-state index in [-0.39, 0.29) is 0 Å². The van der Waals surface area contributed by atoms with Gasteiger partial charge in [-0.1, -0.05) is 36.4 Å². The highest BCUT2D eigenvalue weighted by atomic mass is 32.2.